The van der Waals surface area contributed by atoms with Gasteiger partial charge in [0.2, 0.25) is 5.91 Å². The molecule has 1 amide bonds. The van der Waals surface area contributed by atoms with Crippen molar-refractivity contribution >= 4 is 23.6 Å². The summed E-state index contributed by atoms with van der Waals surface area (Å²) in [5.41, 5.74) is 0. The standard InChI is InChI=1S/C12H22N2O3S/c1-8(2)13-10(12(16)17)5-6-18-7-11(15)14-9-3-4-9/h8-10,13H,3-7H2,1-2H3,(H,14,15)(H,16,17). The molecule has 0 spiro atoms. The van der Waals surface area contributed by atoms with Gasteiger partial charge >= 0.3 is 5.97 Å². The minimum absolute atomic E-state index is 0.0613. The van der Waals surface area contributed by atoms with Crippen molar-refractivity contribution in [1.82, 2.24) is 10.6 Å². The van der Waals surface area contributed by atoms with Gasteiger partial charge < -0.3 is 15.7 Å². The number of carboxylic acids is 1. The third kappa shape index (κ3) is 6.86. The van der Waals surface area contributed by atoms with Crippen molar-refractivity contribution in [2.24, 2.45) is 0 Å². The van der Waals surface area contributed by atoms with Crippen LogP contribution in [0.1, 0.15) is 33.1 Å². The molecule has 0 aromatic heterocycles. The van der Waals surface area contributed by atoms with Crippen molar-refractivity contribution in [3.05, 3.63) is 0 Å². The van der Waals surface area contributed by atoms with Crippen molar-refractivity contribution in [3.8, 4) is 0 Å². The van der Waals surface area contributed by atoms with Gasteiger partial charge in [0.25, 0.3) is 0 Å². The van der Waals surface area contributed by atoms with Crippen LogP contribution in [0.3, 0.4) is 0 Å². The van der Waals surface area contributed by atoms with Crippen molar-refractivity contribution in [2.75, 3.05) is 11.5 Å². The Balaban J connectivity index is 2.09. The molecule has 3 N–H and O–H groups in total. The SMILES string of the molecule is CC(C)NC(CCSCC(=O)NC1CC1)C(=O)O. The van der Waals surface area contributed by atoms with E-state index in [4.69, 9.17) is 5.11 Å². The molecule has 18 heavy (non-hydrogen) atoms. The van der Waals surface area contributed by atoms with Gasteiger partial charge in [0.15, 0.2) is 0 Å². The number of hydrogen-bond acceptors (Lipinski definition) is 4. The van der Waals surface area contributed by atoms with Crippen LogP contribution in [0.5, 0.6) is 0 Å². The molecule has 0 bridgehead atoms. The summed E-state index contributed by atoms with van der Waals surface area (Å²) < 4.78 is 0. The number of carbonyl (C=O) groups excluding carboxylic acids is 1. The molecule has 1 atom stereocenters. The van der Waals surface area contributed by atoms with E-state index in [-0.39, 0.29) is 11.9 Å². The summed E-state index contributed by atoms with van der Waals surface area (Å²) in [7, 11) is 0. The Morgan fingerprint density at radius 2 is 2.06 bits per heavy atom. The largest absolute Gasteiger partial charge is 0.480 e. The fourth-order valence-electron chi connectivity index (χ4n) is 1.54. The van der Waals surface area contributed by atoms with Gasteiger partial charge in [-0.15, -0.1) is 0 Å². The number of thioether (sulfide) groups is 1. The van der Waals surface area contributed by atoms with Crippen molar-refractivity contribution in [2.45, 2.75) is 51.2 Å². The lowest BCUT2D eigenvalue weighted by Gasteiger charge is -2.16. The molecule has 1 rings (SSSR count). The van der Waals surface area contributed by atoms with Gasteiger partial charge in [-0.25, -0.2) is 0 Å². The molecule has 5 nitrogen and oxygen atoms in total. The summed E-state index contributed by atoms with van der Waals surface area (Å²) in [4.78, 5) is 22.4. The van der Waals surface area contributed by atoms with Gasteiger partial charge in [-0.2, -0.15) is 11.8 Å². The summed E-state index contributed by atoms with van der Waals surface area (Å²) in [6.45, 7) is 3.85. The van der Waals surface area contributed by atoms with E-state index in [9.17, 15) is 9.59 Å². The third-order valence-electron chi connectivity index (χ3n) is 2.56. The van der Waals surface area contributed by atoms with Crippen LogP contribution in [0.2, 0.25) is 0 Å². The molecule has 0 aliphatic heterocycles. The Labute approximate surface area is 112 Å². The maximum absolute atomic E-state index is 11.4. The van der Waals surface area contributed by atoms with E-state index in [1.54, 1.807) is 0 Å². The average molecular weight is 274 g/mol. The van der Waals surface area contributed by atoms with Crippen LogP contribution in [0.15, 0.2) is 0 Å². The topological polar surface area (TPSA) is 78.4 Å². The van der Waals surface area contributed by atoms with Crippen LogP contribution < -0.4 is 10.6 Å². The Hall–Kier alpha value is -0.750. The monoisotopic (exact) mass is 274 g/mol. The lowest BCUT2D eigenvalue weighted by Crippen LogP contribution is -2.41. The van der Waals surface area contributed by atoms with Crippen molar-refractivity contribution in [1.29, 1.82) is 0 Å². The number of nitrogens with one attached hydrogen (secondary N) is 2. The number of carbonyl (C=O) groups is 2. The lowest BCUT2D eigenvalue weighted by atomic mass is 10.2. The first-order valence-electron chi connectivity index (χ1n) is 6.35. The molecule has 6 heteroatoms. The maximum atomic E-state index is 11.4. The lowest BCUT2D eigenvalue weighted by molar-refractivity contribution is -0.139. The fourth-order valence-corrected chi connectivity index (χ4v) is 2.36. The number of hydrogen-bond donors (Lipinski definition) is 3. The van der Waals surface area contributed by atoms with Gasteiger partial charge in [-0.3, -0.25) is 9.59 Å². The molecule has 1 fully saturated rings. The molecule has 0 aromatic rings. The Morgan fingerprint density at radius 1 is 1.39 bits per heavy atom. The van der Waals surface area contributed by atoms with E-state index in [1.807, 2.05) is 13.8 Å². The quantitative estimate of drug-likeness (QED) is 0.543. The second kappa shape index (κ2) is 7.63. The summed E-state index contributed by atoms with van der Waals surface area (Å²) in [5.74, 6) is 0.331. The van der Waals surface area contributed by atoms with Gasteiger partial charge in [-0.05, 0) is 25.0 Å². The van der Waals surface area contributed by atoms with Crippen LogP contribution in [-0.4, -0.2) is 46.6 Å². The zero-order valence-corrected chi connectivity index (χ0v) is 11.8. The first kappa shape index (κ1) is 15.3. The van der Waals surface area contributed by atoms with Crippen molar-refractivity contribution in [3.63, 3.8) is 0 Å². The number of aliphatic carboxylic acids is 1. The van der Waals surface area contributed by atoms with Crippen LogP contribution in [-0.2, 0) is 9.59 Å². The first-order valence-corrected chi connectivity index (χ1v) is 7.50. The van der Waals surface area contributed by atoms with Crippen molar-refractivity contribution < 1.29 is 14.7 Å². The smallest absolute Gasteiger partial charge is 0.320 e. The number of rotatable bonds is 9. The third-order valence-corrected chi connectivity index (χ3v) is 3.55. The molecule has 1 unspecified atom stereocenters. The fraction of sp³-hybridized carbons (Fsp3) is 0.833. The second-order valence-electron chi connectivity index (χ2n) is 4.90. The summed E-state index contributed by atoms with van der Waals surface area (Å²) in [5, 5.41) is 14.9. The van der Waals surface area contributed by atoms with E-state index in [0.29, 0.717) is 24.0 Å². The molecular weight excluding hydrogens is 252 g/mol. The molecule has 1 aliphatic carbocycles. The Morgan fingerprint density at radius 3 is 2.56 bits per heavy atom. The van der Waals surface area contributed by atoms with Crippen LogP contribution >= 0.6 is 11.8 Å². The van der Waals surface area contributed by atoms with Crippen LogP contribution in [0.25, 0.3) is 0 Å². The van der Waals surface area contributed by atoms with E-state index in [0.717, 1.165) is 12.8 Å². The van der Waals surface area contributed by atoms with Gasteiger partial charge in [-0.1, -0.05) is 13.8 Å². The number of amides is 1. The molecule has 0 saturated heterocycles. The van der Waals surface area contributed by atoms with Gasteiger partial charge in [0, 0.05) is 12.1 Å². The Kier molecular flexibility index (Phi) is 6.49. The summed E-state index contributed by atoms with van der Waals surface area (Å²) >= 11 is 1.49. The summed E-state index contributed by atoms with van der Waals surface area (Å²) in [6.07, 6.45) is 2.72. The van der Waals surface area contributed by atoms with E-state index < -0.39 is 12.0 Å². The molecular formula is C12H22N2O3S. The first-order chi connectivity index (χ1) is 8.49. The highest BCUT2D eigenvalue weighted by molar-refractivity contribution is 7.99. The minimum atomic E-state index is -0.827. The summed E-state index contributed by atoms with van der Waals surface area (Å²) in [6, 6.07) is 0.0192. The van der Waals surface area contributed by atoms with E-state index >= 15 is 0 Å². The number of carboxylic acid groups (broad SMARTS) is 1. The minimum Gasteiger partial charge on any atom is -0.480 e. The molecule has 1 saturated carbocycles. The molecule has 1 aliphatic rings. The predicted octanol–water partition coefficient (Wildman–Crippen LogP) is 0.839. The normalized spacial score (nSPS) is 16.6. The second-order valence-corrected chi connectivity index (χ2v) is 6.00. The van der Waals surface area contributed by atoms with E-state index in [2.05, 4.69) is 10.6 Å². The highest BCUT2D eigenvalue weighted by atomic mass is 32.2. The maximum Gasteiger partial charge on any atom is 0.320 e. The highest BCUT2D eigenvalue weighted by Gasteiger charge is 2.23. The zero-order chi connectivity index (χ0) is 13.5. The molecule has 104 valence electrons. The van der Waals surface area contributed by atoms with Gasteiger partial charge in [0.1, 0.15) is 6.04 Å². The Bertz CT molecular complexity index is 293. The van der Waals surface area contributed by atoms with E-state index in [1.165, 1.54) is 11.8 Å². The highest BCUT2D eigenvalue weighted by Crippen LogP contribution is 2.18. The molecule has 0 radical (unpaired) electrons. The average Bonchev–Trinajstić information content (AvgIpc) is 3.05. The van der Waals surface area contributed by atoms with Crippen LogP contribution in [0, 0.1) is 0 Å². The predicted molar refractivity (Wildman–Crippen MR) is 72.8 cm³/mol. The molecule has 0 heterocycles. The van der Waals surface area contributed by atoms with Crippen LogP contribution in [0.4, 0.5) is 0 Å². The van der Waals surface area contributed by atoms with Gasteiger partial charge in [0.05, 0.1) is 5.75 Å². The molecule has 0 aromatic carbocycles. The zero-order valence-electron chi connectivity index (χ0n) is 10.9.